The number of hydrogen-bond acceptors (Lipinski definition) is 0. The van der Waals surface area contributed by atoms with Crippen LogP contribution in [0.1, 0.15) is 48.9 Å². The van der Waals surface area contributed by atoms with E-state index in [9.17, 15) is 0 Å². The molecule has 0 unspecified atom stereocenters. The zero-order valence-electron chi connectivity index (χ0n) is 12.0. The molecule has 0 aliphatic heterocycles. The van der Waals surface area contributed by atoms with Gasteiger partial charge in [0.25, 0.3) is 0 Å². The van der Waals surface area contributed by atoms with Crippen LogP contribution in [0.3, 0.4) is 0 Å². The van der Waals surface area contributed by atoms with Crippen LogP contribution in [0.2, 0.25) is 0 Å². The van der Waals surface area contributed by atoms with Crippen molar-refractivity contribution >= 4 is 16.8 Å². The summed E-state index contributed by atoms with van der Waals surface area (Å²) in [6.07, 6.45) is 4.33. The van der Waals surface area contributed by atoms with Crippen LogP contribution in [0.5, 0.6) is 0 Å². The topological polar surface area (TPSA) is 0 Å². The molecule has 0 saturated heterocycles. The Kier molecular flexibility index (Phi) is 3.56. The highest BCUT2D eigenvalue weighted by Gasteiger charge is 2.10. The predicted octanol–water partition coefficient (Wildman–Crippen LogP) is 5.61. The summed E-state index contributed by atoms with van der Waals surface area (Å²) in [7, 11) is 0. The summed E-state index contributed by atoms with van der Waals surface area (Å²) in [6, 6.07) is 9.01. The highest BCUT2D eigenvalue weighted by atomic mass is 14.1. The van der Waals surface area contributed by atoms with Crippen molar-refractivity contribution in [2.24, 2.45) is 0 Å². The van der Waals surface area contributed by atoms with Gasteiger partial charge in [0.2, 0.25) is 0 Å². The first-order valence-corrected chi connectivity index (χ1v) is 6.71. The summed E-state index contributed by atoms with van der Waals surface area (Å²) < 4.78 is 0. The van der Waals surface area contributed by atoms with Crippen molar-refractivity contribution in [2.75, 3.05) is 0 Å². The van der Waals surface area contributed by atoms with Crippen molar-refractivity contribution in [2.45, 2.75) is 40.5 Å². The van der Waals surface area contributed by atoms with Gasteiger partial charge in [-0.2, -0.15) is 0 Å². The maximum Gasteiger partial charge on any atom is -0.0144 e. The van der Waals surface area contributed by atoms with Crippen molar-refractivity contribution in [3.63, 3.8) is 0 Å². The van der Waals surface area contributed by atoms with Gasteiger partial charge < -0.3 is 0 Å². The first-order valence-electron chi connectivity index (χ1n) is 6.71. The summed E-state index contributed by atoms with van der Waals surface area (Å²) in [5, 5.41) is 2.80. The summed E-state index contributed by atoms with van der Waals surface area (Å²) in [5.41, 5.74) is 5.58. The molecule has 2 aromatic carbocycles. The lowest BCUT2D eigenvalue weighted by Crippen LogP contribution is -1.94. The van der Waals surface area contributed by atoms with Crippen LogP contribution in [0.4, 0.5) is 0 Å². The third-order valence-corrected chi connectivity index (χ3v) is 3.69. The van der Waals surface area contributed by atoms with Gasteiger partial charge in [0, 0.05) is 0 Å². The minimum absolute atomic E-state index is 0.570. The smallest absolute Gasteiger partial charge is 0.0144 e. The Morgan fingerprint density at radius 2 is 1.78 bits per heavy atom. The zero-order chi connectivity index (χ0) is 13.3. The quantitative estimate of drug-likeness (QED) is 0.637. The molecule has 0 spiro atoms. The lowest BCUT2D eigenvalue weighted by atomic mass is 9.89. The Hall–Kier alpha value is -1.56. The highest BCUT2D eigenvalue weighted by Crippen LogP contribution is 2.31. The molecule has 0 atom stereocenters. The number of fused-ring (bicyclic) bond motifs is 1. The maximum absolute atomic E-state index is 2.34. The van der Waals surface area contributed by atoms with Crippen LogP contribution in [-0.4, -0.2) is 0 Å². The molecule has 0 heteroatoms. The third-order valence-electron chi connectivity index (χ3n) is 3.69. The van der Waals surface area contributed by atoms with Crippen molar-refractivity contribution < 1.29 is 0 Å². The summed E-state index contributed by atoms with van der Waals surface area (Å²) in [4.78, 5) is 0. The predicted molar refractivity (Wildman–Crippen MR) is 82.2 cm³/mol. The second kappa shape index (κ2) is 4.97. The van der Waals surface area contributed by atoms with E-state index in [-0.39, 0.29) is 0 Å². The van der Waals surface area contributed by atoms with Gasteiger partial charge in [0.15, 0.2) is 0 Å². The maximum atomic E-state index is 2.34. The van der Waals surface area contributed by atoms with E-state index in [1.165, 1.54) is 33.0 Å². The lowest BCUT2D eigenvalue weighted by Gasteiger charge is -2.15. The van der Waals surface area contributed by atoms with Gasteiger partial charge in [-0.1, -0.05) is 50.3 Å². The van der Waals surface area contributed by atoms with E-state index < -0.39 is 0 Å². The zero-order valence-corrected chi connectivity index (χ0v) is 12.0. The second-order valence-electron chi connectivity index (χ2n) is 5.33. The van der Waals surface area contributed by atoms with Crippen molar-refractivity contribution in [3.05, 3.63) is 52.6 Å². The SMILES string of the molecule is C/C=C\c1c(C)cc2c(C(C)C)cccc2c1C. The van der Waals surface area contributed by atoms with Gasteiger partial charge in [-0.25, -0.2) is 0 Å². The van der Waals surface area contributed by atoms with Crippen LogP contribution >= 0.6 is 0 Å². The molecule has 0 radical (unpaired) electrons. The molecule has 2 aromatic rings. The van der Waals surface area contributed by atoms with Gasteiger partial charge in [-0.3, -0.25) is 0 Å². The van der Waals surface area contributed by atoms with Gasteiger partial charge in [-0.15, -0.1) is 0 Å². The Labute approximate surface area is 110 Å². The minimum atomic E-state index is 0.570. The van der Waals surface area contributed by atoms with Crippen LogP contribution < -0.4 is 0 Å². The molecular weight excluding hydrogens is 216 g/mol. The van der Waals surface area contributed by atoms with Crippen LogP contribution in [0.15, 0.2) is 30.3 Å². The second-order valence-corrected chi connectivity index (χ2v) is 5.33. The van der Waals surface area contributed by atoms with E-state index in [1.54, 1.807) is 0 Å². The Morgan fingerprint density at radius 3 is 2.39 bits per heavy atom. The molecule has 0 nitrogen and oxygen atoms in total. The Morgan fingerprint density at radius 1 is 1.06 bits per heavy atom. The summed E-state index contributed by atoms with van der Waals surface area (Å²) in [5.74, 6) is 0.570. The molecule has 0 saturated carbocycles. The Balaban J connectivity index is 2.85. The molecule has 0 amide bonds. The monoisotopic (exact) mass is 238 g/mol. The van der Waals surface area contributed by atoms with Crippen LogP contribution in [0.25, 0.3) is 16.8 Å². The van der Waals surface area contributed by atoms with Gasteiger partial charge in [-0.05, 0) is 59.7 Å². The fraction of sp³-hybridized carbons (Fsp3) is 0.333. The highest BCUT2D eigenvalue weighted by molar-refractivity contribution is 5.92. The standard InChI is InChI=1S/C18H22/c1-6-8-16-13(4)11-18-15(12(2)3)9-7-10-17(18)14(16)5/h6-12H,1-5H3/b8-6-. The number of benzene rings is 2. The largest absolute Gasteiger partial charge is 0.0870 e. The molecule has 0 N–H and O–H groups in total. The normalized spacial score (nSPS) is 11.9. The first-order chi connectivity index (χ1) is 8.56. The molecule has 0 aliphatic rings. The molecular formula is C18H22. The summed E-state index contributed by atoms with van der Waals surface area (Å²) in [6.45, 7) is 11.0. The van der Waals surface area contributed by atoms with E-state index >= 15 is 0 Å². The van der Waals surface area contributed by atoms with Gasteiger partial charge in [0.1, 0.15) is 0 Å². The number of hydrogen-bond donors (Lipinski definition) is 0. The molecule has 0 aromatic heterocycles. The van der Waals surface area contributed by atoms with E-state index in [4.69, 9.17) is 0 Å². The van der Waals surface area contributed by atoms with Gasteiger partial charge in [0.05, 0.1) is 0 Å². The minimum Gasteiger partial charge on any atom is -0.0870 e. The average Bonchev–Trinajstić information content (AvgIpc) is 2.33. The third kappa shape index (κ3) is 2.08. The van der Waals surface area contributed by atoms with E-state index in [0.717, 1.165) is 0 Å². The molecule has 94 valence electrons. The summed E-state index contributed by atoms with van der Waals surface area (Å²) >= 11 is 0. The van der Waals surface area contributed by atoms with Crippen LogP contribution in [0, 0.1) is 13.8 Å². The van der Waals surface area contributed by atoms with Crippen molar-refractivity contribution in [1.82, 2.24) is 0 Å². The molecule has 2 rings (SSSR count). The van der Waals surface area contributed by atoms with Crippen molar-refractivity contribution in [1.29, 1.82) is 0 Å². The lowest BCUT2D eigenvalue weighted by molar-refractivity contribution is 0.876. The first kappa shape index (κ1) is 12.9. The van der Waals surface area contributed by atoms with E-state index in [2.05, 4.69) is 71.0 Å². The molecule has 18 heavy (non-hydrogen) atoms. The number of allylic oxidation sites excluding steroid dienone is 1. The fourth-order valence-corrected chi connectivity index (χ4v) is 2.73. The number of aryl methyl sites for hydroxylation is 2. The molecule has 0 fully saturated rings. The van der Waals surface area contributed by atoms with E-state index in [1.807, 2.05) is 0 Å². The molecule has 0 aliphatic carbocycles. The molecule has 0 bridgehead atoms. The van der Waals surface area contributed by atoms with Crippen molar-refractivity contribution in [3.8, 4) is 0 Å². The average molecular weight is 238 g/mol. The number of rotatable bonds is 2. The van der Waals surface area contributed by atoms with Gasteiger partial charge >= 0.3 is 0 Å². The van der Waals surface area contributed by atoms with Crippen LogP contribution in [-0.2, 0) is 0 Å². The van der Waals surface area contributed by atoms with E-state index in [0.29, 0.717) is 5.92 Å². The Bertz CT molecular complexity index is 601. The molecule has 0 heterocycles. The fourth-order valence-electron chi connectivity index (χ4n) is 2.73.